The molecule has 0 aliphatic carbocycles. The molecule has 1 fully saturated rings. The number of thioether (sulfide) groups is 1. The van der Waals surface area contributed by atoms with E-state index < -0.39 is 36.7 Å². The van der Waals surface area contributed by atoms with Gasteiger partial charge in [0, 0.05) is 20.5 Å². The number of alkyl halides is 3. The van der Waals surface area contributed by atoms with Crippen molar-refractivity contribution in [3.8, 4) is 0 Å². The fourth-order valence-electron chi connectivity index (χ4n) is 3.87. The zero-order valence-corrected chi connectivity index (χ0v) is 20.9. The molecule has 0 spiro atoms. The van der Waals surface area contributed by atoms with E-state index >= 15 is 0 Å². The molecule has 9 heteroatoms. The summed E-state index contributed by atoms with van der Waals surface area (Å²) in [4.78, 5) is 14.5. The highest BCUT2D eigenvalue weighted by Gasteiger charge is 2.45. The Morgan fingerprint density at radius 2 is 1.73 bits per heavy atom. The number of nitrogens with zero attached hydrogens (tertiary/aromatic N) is 1. The summed E-state index contributed by atoms with van der Waals surface area (Å²) in [7, 11) is 0. The number of carbonyl (C=O) groups is 1. The van der Waals surface area contributed by atoms with Crippen molar-refractivity contribution in [2.75, 3.05) is 12.4 Å². The van der Waals surface area contributed by atoms with Crippen molar-refractivity contribution in [1.82, 2.24) is 4.90 Å². The lowest BCUT2D eigenvalue weighted by molar-refractivity contribution is -0.176. The number of halogens is 5. The van der Waals surface area contributed by atoms with E-state index in [1.165, 1.54) is 16.7 Å². The predicted octanol–water partition coefficient (Wildman–Crippen LogP) is 7.49. The second kappa shape index (κ2) is 10.5. The monoisotopic (exact) mass is 519 g/mol. The van der Waals surface area contributed by atoms with Gasteiger partial charge in [0.15, 0.2) is 0 Å². The number of benzene rings is 2. The van der Waals surface area contributed by atoms with Crippen LogP contribution in [0.3, 0.4) is 0 Å². The quantitative estimate of drug-likeness (QED) is 0.395. The van der Waals surface area contributed by atoms with Crippen molar-refractivity contribution in [1.29, 1.82) is 0 Å². The molecule has 0 N–H and O–H groups in total. The first-order valence-electron chi connectivity index (χ1n) is 10.5. The van der Waals surface area contributed by atoms with Crippen LogP contribution in [0, 0.1) is 0 Å². The fraction of sp³-hybridized carbons (Fsp3) is 0.458. The van der Waals surface area contributed by atoms with Crippen LogP contribution in [-0.2, 0) is 9.53 Å². The van der Waals surface area contributed by atoms with E-state index in [9.17, 15) is 18.0 Å². The summed E-state index contributed by atoms with van der Waals surface area (Å²) in [5.74, 6) is -0.335. The molecule has 1 aliphatic rings. The zero-order valence-electron chi connectivity index (χ0n) is 18.5. The third-order valence-electron chi connectivity index (χ3n) is 5.22. The smallest absolute Gasteiger partial charge is 0.361 e. The minimum Gasteiger partial charge on any atom is -0.361 e. The Balaban J connectivity index is 2.10. The summed E-state index contributed by atoms with van der Waals surface area (Å²) in [6.07, 6.45) is -6.22. The van der Waals surface area contributed by atoms with E-state index in [0.717, 1.165) is 0 Å². The van der Waals surface area contributed by atoms with Crippen molar-refractivity contribution < 1.29 is 22.7 Å². The van der Waals surface area contributed by atoms with Crippen LogP contribution in [0.1, 0.15) is 50.5 Å². The summed E-state index contributed by atoms with van der Waals surface area (Å²) in [6.45, 7) is 5.51. The van der Waals surface area contributed by atoms with Crippen LogP contribution >= 0.6 is 35.0 Å². The van der Waals surface area contributed by atoms with Gasteiger partial charge in [0.1, 0.15) is 12.7 Å². The first-order valence-corrected chi connectivity index (χ1v) is 12.2. The van der Waals surface area contributed by atoms with E-state index in [4.69, 9.17) is 27.9 Å². The molecule has 1 unspecified atom stereocenters. The average molecular weight is 520 g/mol. The lowest BCUT2D eigenvalue weighted by atomic mass is 9.91. The van der Waals surface area contributed by atoms with Crippen LogP contribution in [0.4, 0.5) is 13.2 Å². The van der Waals surface area contributed by atoms with Gasteiger partial charge >= 0.3 is 6.18 Å². The molecule has 1 aliphatic heterocycles. The highest BCUT2D eigenvalue weighted by atomic mass is 35.5. The van der Waals surface area contributed by atoms with Gasteiger partial charge in [-0.3, -0.25) is 4.79 Å². The molecule has 0 radical (unpaired) electrons. The van der Waals surface area contributed by atoms with Gasteiger partial charge in [0.05, 0.1) is 18.5 Å². The van der Waals surface area contributed by atoms with Gasteiger partial charge in [0.25, 0.3) is 0 Å². The third-order valence-corrected chi connectivity index (χ3v) is 7.12. The predicted molar refractivity (Wildman–Crippen MR) is 128 cm³/mol. The standard InChI is InChI=1S/C24H26Cl2F3NO2S/c1-23(2,3)33-14-19(12-24(27,28)29)30-20(31)13-32-22(16-5-4-6-18(26)11-16)21(30)15-7-9-17(25)10-8-15/h4-11,19,21-22H,12-14H2,1-3H3/t19?,21-,22-/m1/s1. The number of amides is 1. The molecular weight excluding hydrogens is 494 g/mol. The molecule has 180 valence electrons. The number of rotatable bonds is 6. The minimum atomic E-state index is -4.43. The van der Waals surface area contributed by atoms with Gasteiger partial charge in [-0.1, -0.05) is 68.2 Å². The fourth-order valence-corrected chi connectivity index (χ4v) is 5.16. The lowest BCUT2D eigenvalue weighted by Crippen LogP contribution is -2.53. The second-order valence-corrected chi connectivity index (χ2v) is 11.7. The molecule has 1 saturated heterocycles. The van der Waals surface area contributed by atoms with Gasteiger partial charge in [0.2, 0.25) is 5.91 Å². The molecule has 3 rings (SSSR count). The maximum atomic E-state index is 13.6. The summed E-state index contributed by atoms with van der Waals surface area (Å²) in [5.41, 5.74) is 1.33. The van der Waals surface area contributed by atoms with Gasteiger partial charge < -0.3 is 9.64 Å². The summed E-state index contributed by atoms with van der Waals surface area (Å²) >= 11 is 13.6. The molecule has 0 aromatic heterocycles. The molecule has 33 heavy (non-hydrogen) atoms. The van der Waals surface area contributed by atoms with E-state index in [2.05, 4.69) is 0 Å². The van der Waals surface area contributed by atoms with Crippen molar-refractivity contribution in [3.63, 3.8) is 0 Å². The van der Waals surface area contributed by atoms with Crippen molar-refractivity contribution in [2.24, 2.45) is 0 Å². The number of carbonyl (C=O) groups excluding carboxylic acids is 1. The largest absolute Gasteiger partial charge is 0.391 e. The van der Waals surface area contributed by atoms with Crippen molar-refractivity contribution >= 4 is 40.9 Å². The Bertz CT molecular complexity index is 963. The topological polar surface area (TPSA) is 29.5 Å². The Hall–Kier alpha value is -1.41. The molecule has 3 atom stereocenters. The first kappa shape index (κ1) is 26.2. The lowest BCUT2D eigenvalue weighted by Gasteiger charge is -2.46. The van der Waals surface area contributed by atoms with E-state index in [0.29, 0.717) is 21.2 Å². The van der Waals surface area contributed by atoms with Crippen molar-refractivity contribution in [2.45, 2.75) is 56.3 Å². The third kappa shape index (κ3) is 7.28. The molecule has 2 aromatic carbocycles. The van der Waals surface area contributed by atoms with E-state index in [-0.39, 0.29) is 17.1 Å². The van der Waals surface area contributed by atoms with Gasteiger partial charge in [-0.2, -0.15) is 24.9 Å². The summed E-state index contributed by atoms with van der Waals surface area (Å²) in [6, 6.07) is 11.9. The highest BCUT2D eigenvalue weighted by molar-refractivity contribution is 8.00. The minimum absolute atomic E-state index is 0.140. The Labute approximate surface area is 206 Å². The van der Waals surface area contributed by atoms with Crippen LogP contribution in [-0.4, -0.2) is 40.1 Å². The van der Waals surface area contributed by atoms with Crippen LogP contribution < -0.4 is 0 Å². The molecule has 3 nitrogen and oxygen atoms in total. The highest BCUT2D eigenvalue weighted by Crippen LogP contribution is 2.44. The number of morpholine rings is 1. The molecule has 0 saturated carbocycles. The number of hydrogen-bond donors (Lipinski definition) is 0. The van der Waals surface area contributed by atoms with E-state index in [1.54, 1.807) is 48.5 Å². The van der Waals surface area contributed by atoms with Crippen molar-refractivity contribution in [3.05, 3.63) is 69.7 Å². The normalized spacial score (nSPS) is 20.7. The van der Waals surface area contributed by atoms with Gasteiger partial charge in [-0.05, 0) is 35.4 Å². The van der Waals surface area contributed by atoms with Crippen LogP contribution in [0.2, 0.25) is 10.0 Å². The Morgan fingerprint density at radius 3 is 2.30 bits per heavy atom. The molecule has 2 aromatic rings. The molecular formula is C24H26Cl2F3NO2S. The Kier molecular flexibility index (Phi) is 8.31. The van der Waals surface area contributed by atoms with E-state index in [1.807, 2.05) is 20.8 Å². The number of ether oxygens (including phenoxy) is 1. The second-order valence-electron chi connectivity index (χ2n) is 8.98. The Morgan fingerprint density at radius 1 is 1.06 bits per heavy atom. The summed E-state index contributed by atoms with van der Waals surface area (Å²) < 4.78 is 46.6. The number of hydrogen-bond acceptors (Lipinski definition) is 3. The first-order chi connectivity index (χ1) is 15.3. The average Bonchev–Trinajstić information content (AvgIpc) is 2.70. The van der Waals surface area contributed by atoms with Crippen LogP contribution in [0.5, 0.6) is 0 Å². The zero-order chi connectivity index (χ0) is 24.4. The maximum absolute atomic E-state index is 13.6. The van der Waals surface area contributed by atoms with Crippen LogP contribution in [0.25, 0.3) is 0 Å². The van der Waals surface area contributed by atoms with Gasteiger partial charge in [-0.25, -0.2) is 0 Å². The molecule has 1 heterocycles. The van der Waals surface area contributed by atoms with Gasteiger partial charge in [-0.15, -0.1) is 0 Å². The maximum Gasteiger partial charge on any atom is 0.391 e. The summed E-state index contributed by atoms with van der Waals surface area (Å²) in [5, 5.41) is 0.965. The van der Waals surface area contributed by atoms with Crippen LogP contribution in [0.15, 0.2) is 48.5 Å². The molecule has 0 bridgehead atoms. The SMILES string of the molecule is CC(C)(C)SCC(CC(F)(F)F)N1C(=O)CO[C@H](c2cccc(Cl)c2)[C@H]1c1ccc(Cl)cc1. The molecule has 1 amide bonds.